The molecule has 4 nitrogen and oxygen atoms in total. The lowest BCUT2D eigenvalue weighted by Gasteiger charge is -2.13. The molecule has 0 aromatic heterocycles. The Labute approximate surface area is 190 Å². The second-order valence-corrected chi connectivity index (χ2v) is 7.50. The van der Waals surface area contributed by atoms with Gasteiger partial charge in [0.1, 0.15) is 18.2 Å². The van der Waals surface area contributed by atoms with Gasteiger partial charge in [0.2, 0.25) is 0 Å². The van der Waals surface area contributed by atoms with Crippen molar-refractivity contribution in [2.24, 2.45) is 0 Å². The first-order valence-electron chi connectivity index (χ1n) is 10.1. The van der Waals surface area contributed by atoms with E-state index in [-0.39, 0.29) is 5.82 Å². The number of hydrogen-bond donors (Lipinski definition) is 0. The van der Waals surface area contributed by atoms with Gasteiger partial charge in [-0.05, 0) is 78.7 Å². The van der Waals surface area contributed by atoms with Gasteiger partial charge in [0.25, 0.3) is 0 Å². The Morgan fingerprint density at radius 3 is 2.44 bits per heavy atom. The maximum Gasteiger partial charge on any atom is 0.343 e. The molecule has 4 rings (SSSR count). The van der Waals surface area contributed by atoms with E-state index in [0.717, 1.165) is 11.1 Å². The summed E-state index contributed by atoms with van der Waals surface area (Å²) in [4.78, 5) is 12.3. The van der Waals surface area contributed by atoms with Crippen molar-refractivity contribution in [3.8, 4) is 11.5 Å². The smallest absolute Gasteiger partial charge is 0.343 e. The standard InChI is InChI=1S/C26H20ClFO4/c1-2-30-25-14-18(5-12-23(25)31-16-17-3-8-21(27)9-4-17)13-20-15-24(32-26(20)29)19-6-10-22(28)11-7-19/h3-15H,2,16H2,1H3/b20-13-. The van der Waals surface area contributed by atoms with Gasteiger partial charge in [-0.3, -0.25) is 0 Å². The molecule has 0 amide bonds. The number of carbonyl (C=O) groups excluding carboxylic acids is 1. The zero-order valence-electron chi connectivity index (χ0n) is 17.3. The maximum absolute atomic E-state index is 13.1. The van der Waals surface area contributed by atoms with Crippen molar-refractivity contribution < 1.29 is 23.4 Å². The predicted octanol–water partition coefficient (Wildman–Crippen LogP) is 6.44. The summed E-state index contributed by atoms with van der Waals surface area (Å²) in [5.74, 6) is 0.737. The lowest BCUT2D eigenvalue weighted by Crippen LogP contribution is -2.00. The highest BCUT2D eigenvalue weighted by Crippen LogP contribution is 2.32. The van der Waals surface area contributed by atoms with Gasteiger partial charge in [-0.2, -0.15) is 0 Å². The molecule has 0 fully saturated rings. The Balaban J connectivity index is 1.54. The average Bonchev–Trinajstić information content (AvgIpc) is 3.15. The van der Waals surface area contributed by atoms with Gasteiger partial charge in [-0.15, -0.1) is 0 Å². The first-order valence-corrected chi connectivity index (χ1v) is 10.5. The van der Waals surface area contributed by atoms with Crippen LogP contribution in [-0.4, -0.2) is 12.6 Å². The number of benzene rings is 3. The highest BCUT2D eigenvalue weighted by Gasteiger charge is 2.22. The largest absolute Gasteiger partial charge is 0.490 e. The lowest BCUT2D eigenvalue weighted by molar-refractivity contribution is -0.130. The summed E-state index contributed by atoms with van der Waals surface area (Å²) in [5, 5.41) is 0.670. The molecule has 0 atom stereocenters. The van der Waals surface area contributed by atoms with Crippen molar-refractivity contribution in [1.29, 1.82) is 0 Å². The second-order valence-electron chi connectivity index (χ2n) is 7.06. The summed E-state index contributed by atoms with van der Waals surface area (Å²) in [6.45, 7) is 2.72. The van der Waals surface area contributed by atoms with Gasteiger partial charge in [-0.1, -0.05) is 29.8 Å². The van der Waals surface area contributed by atoms with Crippen molar-refractivity contribution in [2.75, 3.05) is 6.61 Å². The van der Waals surface area contributed by atoms with E-state index in [1.54, 1.807) is 30.4 Å². The molecule has 0 radical (unpaired) electrons. The molecule has 0 unspecified atom stereocenters. The van der Waals surface area contributed by atoms with Crippen LogP contribution in [0, 0.1) is 5.82 Å². The number of halogens is 2. The molecular weight excluding hydrogens is 431 g/mol. The van der Waals surface area contributed by atoms with Crippen LogP contribution < -0.4 is 9.47 Å². The number of carbonyl (C=O) groups is 1. The third-order valence-corrected chi connectivity index (χ3v) is 5.00. The van der Waals surface area contributed by atoms with Gasteiger partial charge < -0.3 is 14.2 Å². The molecule has 0 saturated heterocycles. The summed E-state index contributed by atoms with van der Waals surface area (Å²) in [6, 6.07) is 18.7. The van der Waals surface area contributed by atoms with Gasteiger partial charge in [0, 0.05) is 10.6 Å². The minimum absolute atomic E-state index is 0.351. The molecule has 0 spiro atoms. The number of cyclic esters (lactones) is 1. The Morgan fingerprint density at radius 2 is 1.72 bits per heavy atom. The summed E-state index contributed by atoms with van der Waals surface area (Å²) >= 11 is 5.92. The molecule has 0 saturated carbocycles. The predicted molar refractivity (Wildman–Crippen MR) is 122 cm³/mol. The van der Waals surface area contributed by atoms with Crippen LogP contribution in [0.4, 0.5) is 4.39 Å². The first-order chi connectivity index (χ1) is 15.5. The molecular formula is C26H20ClFO4. The molecule has 3 aromatic carbocycles. The first kappa shape index (κ1) is 21.7. The molecule has 3 aromatic rings. The minimum atomic E-state index is -0.467. The Hall–Kier alpha value is -3.57. The van der Waals surface area contributed by atoms with Crippen molar-refractivity contribution in [3.63, 3.8) is 0 Å². The average molecular weight is 451 g/mol. The van der Waals surface area contributed by atoms with E-state index in [2.05, 4.69) is 0 Å². The highest BCUT2D eigenvalue weighted by atomic mass is 35.5. The molecule has 0 bridgehead atoms. The van der Waals surface area contributed by atoms with E-state index in [4.69, 9.17) is 25.8 Å². The Morgan fingerprint density at radius 1 is 0.969 bits per heavy atom. The van der Waals surface area contributed by atoms with Crippen molar-refractivity contribution in [1.82, 2.24) is 0 Å². The molecule has 0 aliphatic carbocycles. The van der Waals surface area contributed by atoms with Gasteiger partial charge in [-0.25, -0.2) is 9.18 Å². The molecule has 1 heterocycles. The van der Waals surface area contributed by atoms with Crippen LogP contribution in [0.1, 0.15) is 23.6 Å². The molecule has 6 heteroatoms. The SMILES string of the molecule is CCOc1cc(/C=C2/C=C(c3ccc(F)cc3)OC2=O)ccc1OCc1ccc(Cl)cc1. The van der Waals surface area contributed by atoms with Gasteiger partial charge in [0.05, 0.1) is 12.2 Å². The Kier molecular flexibility index (Phi) is 6.57. The molecule has 0 N–H and O–H groups in total. The molecule has 32 heavy (non-hydrogen) atoms. The maximum atomic E-state index is 13.1. The van der Waals surface area contributed by atoms with E-state index in [0.29, 0.717) is 46.6 Å². The fourth-order valence-corrected chi connectivity index (χ4v) is 3.29. The zero-order chi connectivity index (χ0) is 22.5. The van der Waals surface area contributed by atoms with Crippen molar-refractivity contribution >= 4 is 29.4 Å². The zero-order valence-corrected chi connectivity index (χ0v) is 18.1. The monoisotopic (exact) mass is 450 g/mol. The van der Waals surface area contributed by atoms with E-state index < -0.39 is 5.97 Å². The van der Waals surface area contributed by atoms with Crippen molar-refractivity contribution in [2.45, 2.75) is 13.5 Å². The summed E-state index contributed by atoms with van der Waals surface area (Å²) in [6.07, 6.45) is 3.35. The van der Waals surface area contributed by atoms with E-state index in [1.165, 1.54) is 12.1 Å². The van der Waals surface area contributed by atoms with Crippen LogP contribution in [0.3, 0.4) is 0 Å². The van der Waals surface area contributed by atoms with Crippen LogP contribution in [0.2, 0.25) is 5.02 Å². The quantitative estimate of drug-likeness (QED) is 0.307. The van der Waals surface area contributed by atoms with Gasteiger partial charge >= 0.3 is 5.97 Å². The summed E-state index contributed by atoms with van der Waals surface area (Å²) in [7, 11) is 0. The van der Waals surface area contributed by atoms with E-state index in [9.17, 15) is 9.18 Å². The van der Waals surface area contributed by atoms with Crippen LogP contribution in [0.25, 0.3) is 11.8 Å². The summed E-state index contributed by atoms with van der Waals surface area (Å²) in [5.41, 5.74) is 2.76. The fourth-order valence-electron chi connectivity index (χ4n) is 3.17. The minimum Gasteiger partial charge on any atom is -0.490 e. The van der Waals surface area contributed by atoms with Crippen LogP contribution >= 0.6 is 11.6 Å². The van der Waals surface area contributed by atoms with Crippen molar-refractivity contribution in [3.05, 3.63) is 106 Å². The molecule has 1 aliphatic rings. The third-order valence-electron chi connectivity index (χ3n) is 4.75. The topological polar surface area (TPSA) is 44.8 Å². The third kappa shape index (κ3) is 5.18. The van der Waals surface area contributed by atoms with Crippen LogP contribution in [-0.2, 0) is 16.1 Å². The normalized spacial score (nSPS) is 14.3. The number of ether oxygens (including phenoxy) is 3. The number of hydrogen-bond acceptors (Lipinski definition) is 4. The summed E-state index contributed by atoms with van der Waals surface area (Å²) < 4.78 is 30.1. The van der Waals surface area contributed by atoms with E-state index >= 15 is 0 Å². The lowest BCUT2D eigenvalue weighted by atomic mass is 10.1. The van der Waals surface area contributed by atoms with E-state index in [1.807, 2.05) is 43.3 Å². The highest BCUT2D eigenvalue weighted by molar-refractivity contribution is 6.30. The molecule has 1 aliphatic heterocycles. The molecule has 162 valence electrons. The van der Waals surface area contributed by atoms with Crippen LogP contribution in [0.5, 0.6) is 11.5 Å². The van der Waals surface area contributed by atoms with Gasteiger partial charge in [0.15, 0.2) is 11.5 Å². The fraction of sp³-hybridized carbons (Fsp3) is 0.115. The Bertz CT molecular complexity index is 1180. The number of esters is 1. The van der Waals surface area contributed by atoms with Crippen LogP contribution in [0.15, 0.2) is 78.4 Å². The number of rotatable bonds is 7. The second kappa shape index (κ2) is 9.71.